The minimum absolute atomic E-state index is 0.0876. The number of amides is 1. The first-order chi connectivity index (χ1) is 15.6. The zero-order chi connectivity index (χ0) is 24.4. The minimum atomic E-state index is -3.50. The average molecular weight is 537 g/mol. The van der Waals surface area contributed by atoms with Crippen molar-refractivity contribution in [2.75, 3.05) is 19.5 Å². The maximum atomic E-state index is 12.6. The van der Waals surface area contributed by atoms with E-state index in [1.54, 1.807) is 32.0 Å². The van der Waals surface area contributed by atoms with E-state index in [0.29, 0.717) is 11.5 Å². The van der Waals surface area contributed by atoms with E-state index in [1.807, 2.05) is 24.3 Å². The van der Waals surface area contributed by atoms with Crippen LogP contribution in [0.3, 0.4) is 0 Å². The Hall–Kier alpha value is -2.54. The quantitative estimate of drug-likeness (QED) is 0.453. The molecule has 2 N–H and O–H groups in total. The first-order valence-corrected chi connectivity index (χ1v) is 12.9. The maximum Gasteiger partial charge on any atom is 0.238 e. The van der Waals surface area contributed by atoms with Gasteiger partial charge in [-0.3, -0.25) is 4.79 Å². The van der Waals surface area contributed by atoms with Crippen molar-refractivity contribution < 1.29 is 22.7 Å². The standard InChI is InChI=1S/C24H29BrN2O5S/c1-5-33(29,30)27-23(17(2)3)24(28)26-16-19-10-13-21(22(15-19)31-4)32-14-6-7-18-8-11-20(25)12-9-18/h8-13,15,17,23,27H,5,14,16H2,1-4H3,(H,26,28). The molecular weight excluding hydrogens is 508 g/mol. The number of benzene rings is 2. The largest absolute Gasteiger partial charge is 0.493 e. The smallest absolute Gasteiger partial charge is 0.238 e. The lowest BCUT2D eigenvalue weighted by molar-refractivity contribution is -0.123. The van der Waals surface area contributed by atoms with Gasteiger partial charge >= 0.3 is 0 Å². The van der Waals surface area contributed by atoms with Crippen molar-refractivity contribution in [2.45, 2.75) is 33.4 Å². The number of halogens is 1. The monoisotopic (exact) mass is 536 g/mol. The van der Waals surface area contributed by atoms with E-state index in [0.717, 1.165) is 15.6 Å². The molecule has 0 aromatic heterocycles. The summed E-state index contributed by atoms with van der Waals surface area (Å²) in [5, 5.41) is 2.78. The molecule has 0 bridgehead atoms. The summed E-state index contributed by atoms with van der Waals surface area (Å²) in [4.78, 5) is 12.6. The lowest BCUT2D eigenvalue weighted by atomic mass is 10.0. The van der Waals surface area contributed by atoms with Crippen molar-refractivity contribution in [1.82, 2.24) is 10.0 Å². The second-order valence-corrected chi connectivity index (χ2v) is 10.5. The van der Waals surface area contributed by atoms with Crippen molar-refractivity contribution in [1.29, 1.82) is 0 Å². The number of sulfonamides is 1. The van der Waals surface area contributed by atoms with Gasteiger partial charge in [0.25, 0.3) is 0 Å². The van der Waals surface area contributed by atoms with Gasteiger partial charge < -0.3 is 14.8 Å². The molecule has 0 aliphatic rings. The van der Waals surface area contributed by atoms with E-state index in [2.05, 4.69) is 37.8 Å². The highest BCUT2D eigenvalue weighted by Gasteiger charge is 2.26. The molecule has 2 aromatic carbocycles. The van der Waals surface area contributed by atoms with E-state index in [4.69, 9.17) is 9.47 Å². The first kappa shape index (κ1) is 26.7. The van der Waals surface area contributed by atoms with E-state index >= 15 is 0 Å². The number of methoxy groups -OCH3 is 1. The van der Waals surface area contributed by atoms with Crippen LogP contribution in [-0.4, -0.2) is 39.8 Å². The Balaban J connectivity index is 1.98. The van der Waals surface area contributed by atoms with Crippen LogP contribution in [0.4, 0.5) is 0 Å². The summed E-state index contributed by atoms with van der Waals surface area (Å²) in [5.41, 5.74) is 1.68. The van der Waals surface area contributed by atoms with Gasteiger partial charge in [-0.05, 0) is 54.8 Å². The van der Waals surface area contributed by atoms with Gasteiger partial charge in [0.1, 0.15) is 12.6 Å². The van der Waals surface area contributed by atoms with Gasteiger partial charge in [-0.1, -0.05) is 47.7 Å². The number of carbonyl (C=O) groups excluding carboxylic acids is 1. The summed E-state index contributed by atoms with van der Waals surface area (Å²) in [7, 11) is -1.97. The second kappa shape index (κ2) is 12.6. The highest BCUT2D eigenvalue weighted by molar-refractivity contribution is 9.10. The molecule has 33 heavy (non-hydrogen) atoms. The molecule has 0 aliphatic carbocycles. The third kappa shape index (κ3) is 8.72. The van der Waals surface area contributed by atoms with E-state index in [1.165, 1.54) is 14.0 Å². The Kier molecular flexibility index (Phi) is 10.2. The van der Waals surface area contributed by atoms with Crippen molar-refractivity contribution >= 4 is 31.9 Å². The van der Waals surface area contributed by atoms with Gasteiger partial charge in [-0.15, -0.1) is 0 Å². The Bertz CT molecular complexity index is 1110. The average Bonchev–Trinajstić information content (AvgIpc) is 2.80. The highest BCUT2D eigenvalue weighted by atomic mass is 79.9. The van der Waals surface area contributed by atoms with Crippen LogP contribution >= 0.6 is 15.9 Å². The van der Waals surface area contributed by atoms with Gasteiger partial charge in [0, 0.05) is 16.6 Å². The predicted octanol–water partition coefficient (Wildman–Crippen LogP) is 3.47. The van der Waals surface area contributed by atoms with Gasteiger partial charge in [-0.25, -0.2) is 13.1 Å². The highest BCUT2D eigenvalue weighted by Crippen LogP contribution is 2.28. The molecule has 0 spiro atoms. The normalized spacial score (nSPS) is 11.9. The molecule has 178 valence electrons. The van der Waals surface area contributed by atoms with Crippen molar-refractivity contribution in [3.05, 3.63) is 58.1 Å². The third-order valence-corrected chi connectivity index (χ3v) is 6.61. The van der Waals surface area contributed by atoms with Crippen LogP contribution in [0.2, 0.25) is 0 Å². The number of carbonyl (C=O) groups is 1. The Morgan fingerprint density at radius 2 is 1.82 bits per heavy atom. The predicted molar refractivity (Wildman–Crippen MR) is 133 cm³/mol. The van der Waals surface area contributed by atoms with Gasteiger partial charge in [-0.2, -0.15) is 0 Å². The summed E-state index contributed by atoms with van der Waals surface area (Å²) in [6.45, 7) is 5.51. The van der Waals surface area contributed by atoms with Crippen LogP contribution in [0.25, 0.3) is 0 Å². The summed E-state index contributed by atoms with van der Waals surface area (Å²) in [6.07, 6.45) is 0. The first-order valence-electron chi connectivity index (χ1n) is 10.5. The van der Waals surface area contributed by atoms with Gasteiger partial charge in [0.2, 0.25) is 15.9 Å². The zero-order valence-corrected chi connectivity index (χ0v) is 21.5. The fourth-order valence-corrected chi connectivity index (χ4v) is 3.99. The Morgan fingerprint density at radius 3 is 2.42 bits per heavy atom. The van der Waals surface area contributed by atoms with Crippen LogP contribution in [0.1, 0.15) is 31.9 Å². The number of hydrogen-bond donors (Lipinski definition) is 2. The van der Waals surface area contributed by atoms with Crippen molar-refractivity contribution in [3.63, 3.8) is 0 Å². The molecule has 7 nitrogen and oxygen atoms in total. The molecule has 0 fully saturated rings. The van der Waals surface area contributed by atoms with E-state index < -0.39 is 16.1 Å². The Morgan fingerprint density at radius 1 is 1.12 bits per heavy atom. The van der Waals surface area contributed by atoms with Crippen molar-refractivity contribution in [2.24, 2.45) is 5.92 Å². The minimum Gasteiger partial charge on any atom is -0.493 e. The molecule has 0 saturated carbocycles. The second-order valence-electron chi connectivity index (χ2n) is 7.54. The van der Waals surface area contributed by atoms with Crippen LogP contribution < -0.4 is 19.5 Å². The number of rotatable bonds is 10. The molecule has 1 unspecified atom stereocenters. The molecule has 2 rings (SSSR count). The van der Waals surface area contributed by atoms with E-state index in [-0.39, 0.29) is 30.7 Å². The number of ether oxygens (including phenoxy) is 2. The number of hydrogen-bond acceptors (Lipinski definition) is 5. The molecule has 0 heterocycles. The summed E-state index contributed by atoms with van der Waals surface area (Å²) in [5.74, 6) is 6.37. The molecule has 0 aliphatic heterocycles. The fraction of sp³-hybridized carbons (Fsp3) is 0.375. The third-order valence-electron chi connectivity index (χ3n) is 4.71. The molecule has 1 atom stereocenters. The van der Waals surface area contributed by atoms with Gasteiger partial charge in [0.15, 0.2) is 11.5 Å². The summed E-state index contributed by atoms with van der Waals surface area (Å²) < 4.78 is 38.3. The molecule has 9 heteroatoms. The molecule has 1 amide bonds. The number of nitrogens with one attached hydrogen (secondary N) is 2. The summed E-state index contributed by atoms with van der Waals surface area (Å²) >= 11 is 3.39. The lowest BCUT2D eigenvalue weighted by Crippen LogP contribution is -2.49. The SMILES string of the molecule is CCS(=O)(=O)NC(C(=O)NCc1ccc(OCC#Cc2ccc(Br)cc2)c(OC)c1)C(C)C. The maximum absolute atomic E-state index is 12.6. The fourth-order valence-electron chi connectivity index (χ4n) is 2.79. The van der Waals surface area contributed by atoms with Crippen LogP contribution in [-0.2, 0) is 21.4 Å². The lowest BCUT2D eigenvalue weighted by Gasteiger charge is -2.21. The molecule has 0 saturated heterocycles. The topological polar surface area (TPSA) is 93.7 Å². The molecule has 0 radical (unpaired) electrons. The zero-order valence-electron chi connectivity index (χ0n) is 19.1. The van der Waals surface area contributed by atoms with E-state index in [9.17, 15) is 13.2 Å². The van der Waals surface area contributed by atoms with Gasteiger partial charge in [0.05, 0.1) is 12.9 Å². The van der Waals surface area contributed by atoms with Crippen LogP contribution in [0, 0.1) is 17.8 Å². The molecular formula is C24H29BrN2O5S. The molecule has 2 aromatic rings. The Labute approximate surface area is 204 Å². The van der Waals surface area contributed by atoms with Crippen molar-refractivity contribution in [3.8, 4) is 23.3 Å². The van der Waals surface area contributed by atoms with Crippen LogP contribution in [0.15, 0.2) is 46.9 Å². The van der Waals surface area contributed by atoms with Crippen LogP contribution in [0.5, 0.6) is 11.5 Å². The summed E-state index contributed by atoms with van der Waals surface area (Å²) in [6, 6.07) is 12.2.